The SMILES string of the molecule is c1ccc(-c2cnnc(N=NCCNNc3nncc(-c4ccccc4)n3)n2)cc1. The van der Waals surface area contributed by atoms with E-state index in [2.05, 4.69) is 51.4 Å². The van der Waals surface area contributed by atoms with E-state index in [1.807, 2.05) is 60.7 Å². The number of anilines is 1. The van der Waals surface area contributed by atoms with Crippen molar-refractivity contribution in [1.29, 1.82) is 0 Å². The number of nitrogens with one attached hydrogen (secondary N) is 2. The van der Waals surface area contributed by atoms with Crippen LogP contribution in [0, 0.1) is 0 Å². The van der Waals surface area contributed by atoms with Crippen molar-refractivity contribution in [3.05, 3.63) is 73.1 Å². The highest BCUT2D eigenvalue weighted by molar-refractivity contribution is 5.59. The third-order valence-electron chi connectivity index (χ3n) is 3.94. The van der Waals surface area contributed by atoms with Gasteiger partial charge in [0.2, 0.25) is 0 Å². The summed E-state index contributed by atoms with van der Waals surface area (Å²) in [5.74, 6) is 0.587. The Morgan fingerprint density at radius 3 is 2.07 bits per heavy atom. The lowest BCUT2D eigenvalue weighted by molar-refractivity contribution is 0.748. The summed E-state index contributed by atoms with van der Waals surface area (Å²) < 4.78 is 0. The Morgan fingerprint density at radius 2 is 1.37 bits per heavy atom. The van der Waals surface area contributed by atoms with Crippen LogP contribution in [0.25, 0.3) is 22.5 Å². The zero-order chi connectivity index (χ0) is 20.4. The van der Waals surface area contributed by atoms with Gasteiger partial charge < -0.3 is 0 Å². The van der Waals surface area contributed by atoms with E-state index in [4.69, 9.17) is 0 Å². The van der Waals surface area contributed by atoms with Crippen LogP contribution in [0.5, 0.6) is 0 Å². The molecule has 2 heterocycles. The zero-order valence-electron chi connectivity index (χ0n) is 15.9. The predicted octanol–water partition coefficient (Wildman–Crippen LogP) is 3.09. The van der Waals surface area contributed by atoms with Gasteiger partial charge in [-0.15, -0.1) is 15.3 Å². The van der Waals surface area contributed by atoms with Crippen molar-refractivity contribution in [1.82, 2.24) is 35.8 Å². The Balaban J connectivity index is 1.26. The van der Waals surface area contributed by atoms with Gasteiger partial charge in [0, 0.05) is 17.7 Å². The predicted molar refractivity (Wildman–Crippen MR) is 112 cm³/mol. The summed E-state index contributed by atoms with van der Waals surface area (Å²) in [4.78, 5) is 8.77. The normalized spacial score (nSPS) is 10.9. The number of benzene rings is 2. The molecule has 0 bridgehead atoms. The monoisotopic (exact) mass is 398 g/mol. The molecule has 2 aromatic heterocycles. The standard InChI is InChI=1S/C20H18N10/c1-3-7-15(8-4-1)17-13-23-29-19(25-17)27-21-11-12-22-28-20-26-18(14-24-30-20)16-9-5-2-6-10-16/h1-10,13-14,21H,11-12H2,(H,25,27,29). The Kier molecular flexibility index (Phi) is 6.28. The first kappa shape index (κ1) is 19.2. The lowest BCUT2D eigenvalue weighted by Gasteiger charge is -2.06. The van der Waals surface area contributed by atoms with Crippen molar-refractivity contribution in [2.24, 2.45) is 10.2 Å². The molecule has 0 saturated heterocycles. The van der Waals surface area contributed by atoms with Gasteiger partial charge in [-0.1, -0.05) is 60.7 Å². The molecule has 0 spiro atoms. The van der Waals surface area contributed by atoms with Crippen LogP contribution in [0.15, 0.2) is 83.3 Å². The number of nitrogens with zero attached hydrogens (tertiary/aromatic N) is 8. The molecule has 0 amide bonds. The maximum atomic E-state index is 4.42. The largest absolute Gasteiger partial charge is 0.288 e. The summed E-state index contributed by atoms with van der Waals surface area (Å²) in [5, 5.41) is 23.8. The molecule has 0 saturated carbocycles. The van der Waals surface area contributed by atoms with Crippen LogP contribution < -0.4 is 10.9 Å². The second-order valence-electron chi connectivity index (χ2n) is 6.06. The molecule has 4 aromatic rings. The van der Waals surface area contributed by atoms with E-state index in [9.17, 15) is 0 Å². The van der Waals surface area contributed by atoms with Gasteiger partial charge in [0.05, 0.1) is 30.3 Å². The highest BCUT2D eigenvalue weighted by Crippen LogP contribution is 2.17. The van der Waals surface area contributed by atoms with Crippen LogP contribution >= 0.6 is 0 Å². The lowest BCUT2D eigenvalue weighted by Crippen LogP contribution is -2.26. The summed E-state index contributed by atoms with van der Waals surface area (Å²) in [5.41, 5.74) is 9.23. The van der Waals surface area contributed by atoms with E-state index in [-0.39, 0.29) is 5.95 Å². The molecule has 0 aliphatic rings. The van der Waals surface area contributed by atoms with E-state index in [1.165, 1.54) is 0 Å². The van der Waals surface area contributed by atoms with Crippen molar-refractivity contribution in [2.45, 2.75) is 0 Å². The number of hydrogen-bond acceptors (Lipinski definition) is 10. The summed E-state index contributed by atoms with van der Waals surface area (Å²) in [7, 11) is 0. The van der Waals surface area contributed by atoms with Crippen molar-refractivity contribution in [3.63, 3.8) is 0 Å². The Bertz CT molecular complexity index is 1100. The third kappa shape index (κ3) is 5.20. The van der Waals surface area contributed by atoms with E-state index in [1.54, 1.807) is 12.4 Å². The molecular weight excluding hydrogens is 380 g/mol. The molecule has 0 aliphatic carbocycles. The molecule has 148 valence electrons. The van der Waals surface area contributed by atoms with Gasteiger partial charge in [-0.05, 0) is 0 Å². The molecule has 0 radical (unpaired) electrons. The number of hydrazine groups is 1. The first-order valence-corrected chi connectivity index (χ1v) is 9.25. The quantitative estimate of drug-likeness (QED) is 0.263. The van der Waals surface area contributed by atoms with Crippen LogP contribution in [-0.2, 0) is 0 Å². The average molecular weight is 398 g/mol. The van der Waals surface area contributed by atoms with Crippen LogP contribution in [-0.4, -0.2) is 43.5 Å². The number of rotatable bonds is 8. The van der Waals surface area contributed by atoms with Gasteiger partial charge in [0.1, 0.15) is 0 Å². The topological polar surface area (TPSA) is 126 Å². The van der Waals surface area contributed by atoms with Gasteiger partial charge in [0.15, 0.2) is 0 Å². The Hall–Kier alpha value is -4.18. The second kappa shape index (κ2) is 9.85. The molecule has 2 aromatic carbocycles. The van der Waals surface area contributed by atoms with Gasteiger partial charge in [-0.2, -0.15) is 15.3 Å². The summed E-state index contributed by atoms with van der Waals surface area (Å²) >= 11 is 0. The van der Waals surface area contributed by atoms with Crippen LogP contribution in [0.1, 0.15) is 0 Å². The highest BCUT2D eigenvalue weighted by atomic mass is 15.4. The maximum Gasteiger partial charge on any atom is 0.287 e. The fraction of sp³-hybridized carbons (Fsp3) is 0.100. The maximum absolute atomic E-state index is 4.42. The van der Waals surface area contributed by atoms with Crippen molar-refractivity contribution < 1.29 is 0 Å². The first-order chi connectivity index (χ1) is 14.9. The Labute approximate surface area is 172 Å². The van der Waals surface area contributed by atoms with Crippen LogP contribution in [0.2, 0.25) is 0 Å². The molecule has 4 rings (SSSR count). The molecule has 10 heteroatoms. The van der Waals surface area contributed by atoms with Gasteiger partial charge in [0.25, 0.3) is 11.9 Å². The molecule has 0 atom stereocenters. The highest BCUT2D eigenvalue weighted by Gasteiger charge is 2.03. The minimum Gasteiger partial charge on any atom is -0.288 e. The molecule has 0 unspecified atom stereocenters. The fourth-order valence-electron chi connectivity index (χ4n) is 2.55. The van der Waals surface area contributed by atoms with E-state index >= 15 is 0 Å². The number of azo groups is 1. The van der Waals surface area contributed by atoms with Crippen LogP contribution in [0.4, 0.5) is 11.9 Å². The summed E-state index contributed by atoms with van der Waals surface area (Å²) in [6.07, 6.45) is 3.21. The molecule has 10 nitrogen and oxygen atoms in total. The zero-order valence-corrected chi connectivity index (χ0v) is 15.9. The van der Waals surface area contributed by atoms with E-state index in [0.717, 1.165) is 16.8 Å². The smallest absolute Gasteiger partial charge is 0.287 e. The fourth-order valence-corrected chi connectivity index (χ4v) is 2.55. The lowest BCUT2D eigenvalue weighted by atomic mass is 10.2. The van der Waals surface area contributed by atoms with Crippen molar-refractivity contribution in [3.8, 4) is 22.5 Å². The van der Waals surface area contributed by atoms with E-state index < -0.39 is 0 Å². The second-order valence-corrected chi connectivity index (χ2v) is 6.06. The van der Waals surface area contributed by atoms with Crippen LogP contribution in [0.3, 0.4) is 0 Å². The summed E-state index contributed by atoms with van der Waals surface area (Å²) in [6.45, 7) is 0.895. The van der Waals surface area contributed by atoms with Gasteiger partial charge in [-0.3, -0.25) is 5.43 Å². The Morgan fingerprint density at radius 1 is 0.733 bits per heavy atom. The molecular formula is C20H18N10. The number of hydrogen-bond donors (Lipinski definition) is 2. The average Bonchev–Trinajstić information content (AvgIpc) is 2.83. The van der Waals surface area contributed by atoms with E-state index in [0.29, 0.717) is 24.7 Å². The van der Waals surface area contributed by atoms with Crippen molar-refractivity contribution in [2.75, 3.05) is 18.5 Å². The minimum atomic E-state index is 0.215. The molecule has 2 N–H and O–H groups in total. The number of aromatic nitrogens is 6. The van der Waals surface area contributed by atoms with Crippen molar-refractivity contribution >= 4 is 11.9 Å². The third-order valence-corrected chi connectivity index (χ3v) is 3.94. The minimum absolute atomic E-state index is 0.215. The van der Waals surface area contributed by atoms with Gasteiger partial charge in [-0.25, -0.2) is 15.4 Å². The molecule has 0 aliphatic heterocycles. The van der Waals surface area contributed by atoms with Gasteiger partial charge >= 0.3 is 0 Å². The first-order valence-electron chi connectivity index (χ1n) is 9.25. The summed E-state index contributed by atoms with van der Waals surface area (Å²) in [6, 6.07) is 19.5. The molecule has 0 fully saturated rings. The molecule has 30 heavy (non-hydrogen) atoms.